The van der Waals surface area contributed by atoms with E-state index in [1.807, 2.05) is 24.5 Å². The number of hydrogen-bond donors (Lipinski definition) is 0. The van der Waals surface area contributed by atoms with Gasteiger partial charge in [0.2, 0.25) is 0 Å². The predicted octanol–water partition coefficient (Wildman–Crippen LogP) is 5.29. The molecule has 170 valence electrons. The first kappa shape index (κ1) is 20.9. The van der Waals surface area contributed by atoms with Crippen molar-refractivity contribution in [2.45, 2.75) is 32.4 Å². The van der Waals surface area contributed by atoms with E-state index in [-0.39, 0.29) is 11.9 Å². The SMILES string of the molecule is CCn1cc(C(=O)N2CCc3ccsc3C2Cc2ccc(-n3ccnn3)cc2)c2ccccc21. The minimum absolute atomic E-state index is 0.0252. The molecule has 0 fully saturated rings. The molecule has 0 bridgehead atoms. The summed E-state index contributed by atoms with van der Waals surface area (Å²) in [5.41, 5.74) is 5.45. The Bertz CT molecular complexity index is 1450. The van der Waals surface area contributed by atoms with Crippen LogP contribution in [0.4, 0.5) is 0 Å². The van der Waals surface area contributed by atoms with Gasteiger partial charge < -0.3 is 9.47 Å². The Morgan fingerprint density at radius 2 is 1.97 bits per heavy atom. The molecule has 1 unspecified atom stereocenters. The molecule has 1 atom stereocenters. The van der Waals surface area contributed by atoms with Gasteiger partial charge in [0.05, 0.1) is 29.7 Å². The summed E-state index contributed by atoms with van der Waals surface area (Å²) in [5, 5.41) is 11.1. The first-order chi connectivity index (χ1) is 16.7. The third kappa shape index (κ3) is 3.53. The number of rotatable bonds is 5. The van der Waals surface area contributed by atoms with Crippen molar-refractivity contribution in [2.24, 2.45) is 0 Å². The van der Waals surface area contributed by atoms with Gasteiger partial charge in [0.25, 0.3) is 5.91 Å². The van der Waals surface area contributed by atoms with Crippen LogP contribution in [-0.2, 0) is 19.4 Å². The van der Waals surface area contributed by atoms with Crippen LogP contribution in [0.2, 0.25) is 0 Å². The maximum absolute atomic E-state index is 14.0. The molecule has 0 saturated carbocycles. The Labute approximate surface area is 202 Å². The number of thiophene rings is 1. The van der Waals surface area contributed by atoms with E-state index < -0.39 is 0 Å². The van der Waals surface area contributed by atoms with Crippen LogP contribution >= 0.6 is 11.3 Å². The first-order valence-corrected chi connectivity index (χ1v) is 12.5. The number of aromatic nitrogens is 4. The number of carbonyl (C=O) groups excluding carboxylic acids is 1. The minimum Gasteiger partial charge on any atom is -0.347 e. The van der Waals surface area contributed by atoms with Crippen LogP contribution < -0.4 is 0 Å². The summed E-state index contributed by atoms with van der Waals surface area (Å²) < 4.78 is 3.92. The van der Waals surface area contributed by atoms with Gasteiger partial charge in [-0.3, -0.25) is 4.79 Å². The highest BCUT2D eigenvalue weighted by atomic mass is 32.1. The fourth-order valence-corrected chi connectivity index (χ4v) is 6.09. The standard InChI is InChI=1S/C27H25N5OS/c1-2-30-18-23(22-5-3-4-6-24(22)30)27(33)31-14-11-20-12-16-34-26(20)25(31)17-19-7-9-21(10-8-19)32-15-13-28-29-32/h3-10,12-13,15-16,18,25H,2,11,14,17H2,1H3. The quantitative estimate of drug-likeness (QED) is 0.353. The monoisotopic (exact) mass is 467 g/mol. The van der Waals surface area contributed by atoms with Gasteiger partial charge in [-0.15, -0.1) is 16.4 Å². The molecule has 4 heterocycles. The zero-order chi connectivity index (χ0) is 23.1. The zero-order valence-corrected chi connectivity index (χ0v) is 19.8. The highest BCUT2D eigenvalue weighted by Crippen LogP contribution is 2.38. The Balaban J connectivity index is 1.35. The van der Waals surface area contributed by atoms with E-state index in [0.717, 1.165) is 48.1 Å². The van der Waals surface area contributed by atoms with E-state index >= 15 is 0 Å². The molecule has 0 N–H and O–H groups in total. The second kappa shape index (κ2) is 8.57. The topological polar surface area (TPSA) is 56.0 Å². The lowest BCUT2D eigenvalue weighted by atomic mass is 9.94. The second-order valence-electron chi connectivity index (χ2n) is 8.64. The van der Waals surface area contributed by atoms with E-state index in [0.29, 0.717) is 0 Å². The molecule has 0 aliphatic carbocycles. The number of para-hydroxylation sites is 1. The molecule has 7 heteroatoms. The Morgan fingerprint density at radius 1 is 1.12 bits per heavy atom. The van der Waals surface area contributed by atoms with Gasteiger partial charge in [-0.05, 0) is 60.5 Å². The van der Waals surface area contributed by atoms with Crippen LogP contribution in [0.25, 0.3) is 16.6 Å². The van der Waals surface area contributed by atoms with Gasteiger partial charge in [-0.2, -0.15) is 0 Å². The third-order valence-corrected chi connectivity index (χ3v) is 7.82. The fraction of sp³-hybridized carbons (Fsp3) is 0.222. The van der Waals surface area contributed by atoms with E-state index in [1.54, 1.807) is 22.2 Å². The van der Waals surface area contributed by atoms with Crippen LogP contribution in [0, 0.1) is 0 Å². The van der Waals surface area contributed by atoms with Crippen molar-refractivity contribution in [1.82, 2.24) is 24.5 Å². The number of nitrogens with zero attached hydrogens (tertiary/aromatic N) is 5. The Hall–Kier alpha value is -3.71. The van der Waals surface area contributed by atoms with Crippen LogP contribution in [-0.4, -0.2) is 36.9 Å². The molecule has 0 spiro atoms. The third-order valence-electron chi connectivity index (χ3n) is 6.75. The van der Waals surface area contributed by atoms with E-state index in [9.17, 15) is 4.79 Å². The number of amides is 1. The number of hydrogen-bond acceptors (Lipinski definition) is 4. The molecule has 0 radical (unpaired) electrons. The van der Waals surface area contributed by atoms with Gasteiger partial charge in [0.1, 0.15) is 0 Å². The van der Waals surface area contributed by atoms with E-state index in [4.69, 9.17) is 0 Å². The normalized spacial score (nSPS) is 15.6. The average molecular weight is 468 g/mol. The summed E-state index contributed by atoms with van der Waals surface area (Å²) in [6.07, 6.45) is 7.22. The lowest BCUT2D eigenvalue weighted by molar-refractivity contribution is 0.0666. The van der Waals surface area contributed by atoms with Gasteiger partial charge >= 0.3 is 0 Å². The highest BCUT2D eigenvalue weighted by Gasteiger charge is 2.33. The summed E-state index contributed by atoms with van der Waals surface area (Å²) in [5.74, 6) is 0.117. The number of benzene rings is 2. The molecule has 34 heavy (non-hydrogen) atoms. The summed E-state index contributed by atoms with van der Waals surface area (Å²) in [6.45, 7) is 3.69. The van der Waals surface area contributed by atoms with Crippen molar-refractivity contribution in [3.05, 3.63) is 100 Å². The summed E-state index contributed by atoms with van der Waals surface area (Å²) in [6, 6.07) is 18.8. The average Bonchev–Trinajstić information content (AvgIpc) is 3.64. The number of fused-ring (bicyclic) bond motifs is 2. The molecule has 0 saturated heterocycles. The second-order valence-corrected chi connectivity index (χ2v) is 9.59. The largest absolute Gasteiger partial charge is 0.347 e. The molecular formula is C27H25N5OS. The molecule has 1 amide bonds. The molecule has 1 aliphatic rings. The molecule has 3 aromatic heterocycles. The summed E-state index contributed by atoms with van der Waals surface area (Å²) in [7, 11) is 0. The van der Waals surface area contributed by atoms with Gasteiger partial charge in [-0.25, -0.2) is 4.68 Å². The van der Waals surface area contributed by atoms with Gasteiger partial charge in [-0.1, -0.05) is 35.5 Å². The van der Waals surface area contributed by atoms with Crippen LogP contribution in [0.3, 0.4) is 0 Å². The molecule has 2 aromatic carbocycles. The highest BCUT2D eigenvalue weighted by molar-refractivity contribution is 7.10. The van der Waals surface area contributed by atoms with Crippen molar-refractivity contribution in [1.29, 1.82) is 0 Å². The maximum atomic E-state index is 14.0. The summed E-state index contributed by atoms with van der Waals surface area (Å²) >= 11 is 1.76. The van der Waals surface area contributed by atoms with E-state index in [2.05, 4.69) is 74.5 Å². The van der Waals surface area contributed by atoms with Gasteiger partial charge in [0, 0.05) is 35.1 Å². The fourth-order valence-electron chi connectivity index (χ4n) is 5.02. The number of aryl methyl sites for hydroxylation is 1. The molecule has 1 aliphatic heterocycles. The Kier molecular flexibility index (Phi) is 5.26. The van der Waals surface area contributed by atoms with Crippen LogP contribution in [0.5, 0.6) is 0 Å². The summed E-state index contributed by atoms with van der Waals surface area (Å²) in [4.78, 5) is 17.4. The van der Waals surface area contributed by atoms with E-state index in [1.165, 1.54) is 16.0 Å². The molecule has 6 nitrogen and oxygen atoms in total. The lowest BCUT2D eigenvalue weighted by Gasteiger charge is -2.36. The van der Waals surface area contributed by atoms with Crippen LogP contribution in [0.1, 0.15) is 39.3 Å². The van der Waals surface area contributed by atoms with Crippen molar-refractivity contribution < 1.29 is 4.79 Å². The Morgan fingerprint density at radius 3 is 2.76 bits per heavy atom. The zero-order valence-electron chi connectivity index (χ0n) is 19.0. The van der Waals surface area contributed by atoms with Crippen LogP contribution in [0.15, 0.2) is 78.6 Å². The smallest absolute Gasteiger partial charge is 0.256 e. The van der Waals surface area contributed by atoms with Crippen molar-refractivity contribution in [2.75, 3.05) is 6.54 Å². The molecule has 6 rings (SSSR count). The van der Waals surface area contributed by atoms with Crippen molar-refractivity contribution in [3.8, 4) is 5.69 Å². The maximum Gasteiger partial charge on any atom is 0.256 e. The lowest BCUT2D eigenvalue weighted by Crippen LogP contribution is -2.40. The predicted molar refractivity (Wildman–Crippen MR) is 134 cm³/mol. The van der Waals surface area contributed by atoms with Gasteiger partial charge in [0.15, 0.2) is 0 Å². The molecule has 5 aromatic rings. The van der Waals surface area contributed by atoms with Crippen molar-refractivity contribution >= 4 is 28.1 Å². The van der Waals surface area contributed by atoms with Crippen molar-refractivity contribution in [3.63, 3.8) is 0 Å². The first-order valence-electron chi connectivity index (χ1n) is 11.6. The molecular weight excluding hydrogens is 442 g/mol. The minimum atomic E-state index is 0.0252. The number of carbonyl (C=O) groups is 1.